The maximum atomic E-state index is 13.1. The van der Waals surface area contributed by atoms with Crippen molar-refractivity contribution in [2.45, 2.75) is 25.9 Å². The summed E-state index contributed by atoms with van der Waals surface area (Å²) in [4.78, 5) is 26.0. The van der Waals surface area contributed by atoms with Crippen molar-refractivity contribution >= 4 is 33.6 Å². The molecule has 0 spiro atoms. The highest BCUT2D eigenvalue weighted by molar-refractivity contribution is 9.10. The molecule has 1 atom stereocenters. The van der Waals surface area contributed by atoms with E-state index in [9.17, 15) is 19.1 Å². The number of hydrogen-bond donors (Lipinski definition) is 2. The number of urea groups is 1. The Balaban J connectivity index is 1.53. The van der Waals surface area contributed by atoms with E-state index in [-0.39, 0.29) is 24.9 Å². The highest BCUT2D eigenvalue weighted by Gasteiger charge is 2.18. The zero-order valence-corrected chi connectivity index (χ0v) is 23.2. The zero-order valence-electron chi connectivity index (χ0n) is 21.6. The molecule has 0 aliphatic rings. The first-order valence-electron chi connectivity index (χ1n) is 12.6. The van der Waals surface area contributed by atoms with E-state index in [4.69, 9.17) is 14.2 Å². The lowest BCUT2D eigenvalue weighted by molar-refractivity contribution is -0.149. The summed E-state index contributed by atoms with van der Waals surface area (Å²) in [7, 11) is 0. The van der Waals surface area contributed by atoms with Crippen LogP contribution in [0.5, 0.6) is 11.5 Å². The van der Waals surface area contributed by atoms with Gasteiger partial charge in [0.2, 0.25) is 0 Å². The Morgan fingerprint density at radius 2 is 1.54 bits per heavy atom. The summed E-state index contributed by atoms with van der Waals surface area (Å²) in [5.74, 6) is -0.163. The van der Waals surface area contributed by atoms with Gasteiger partial charge in [0, 0.05) is 29.7 Å². The molecule has 0 aromatic heterocycles. The van der Waals surface area contributed by atoms with Crippen LogP contribution >= 0.6 is 15.9 Å². The van der Waals surface area contributed by atoms with Crippen LogP contribution in [0.2, 0.25) is 0 Å². The number of rotatable bonds is 15. The molecule has 0 heterocycles. The van der Waals surface area contributed by atoms with Gasteiger partial charge in [-0.2, -0.15) is 0 Å². The number of carboxylic acids is 1. The van der Waals surface area contributed by atoms with E-state index < -0.39 is 12.1 Å². The van der Waals surface area contributed by atoms with E-state index >= 15 is 0 Å². The lowest BCUT2D eigenvalue weighted by atomic mass is 10.1. The maximum Gasteiger partial charge on any atom is 0.333 e. The van der Waals surface area contributed by atoms with Crippen LogP contribution in [-0.4, -0.2) is 61.0 Å². The average Bonchev–Trinajstić information content (AvgIpc) is 2.92. The van der Waals surface area contributed by atoms with E-state index in [1.807, 2.05) is 12.1 Å². The second-order valence-corrected chi connectivity index (χ2v) is 9.47. The highest BCUT2D eigenvalue weighted by Crippen LogP contribution is 2.17. The normalized spacial score (nSPS) is 11.5. The van der Waals surface area contributed by atoms with E-state index in [2.05, 4.69) is 21.2 Å². The minimum Gasteiger partial charge on any atom is -0.494 e. The van der Waals surface area contributed by atoms with Gasteiger partial charge in [0.05, 0.1) is 13.2 Å². The van der Waals surface area contributed by atoms with Crippen LogP contribution in [0.4, 0.5) is 14.9 Å². The van der Waals surface area contributed by atoms with Gasteiger partial charge in [0.15, 0.2) is 6.10 Å². The first-order valence-corrected chi connectivity index (χ1v) is 13.4. The molecular weight excluding hydrogens is 571 g/mol. The summed E-state index contributed by atoms with van der Waals surface area (Å²) in [5, 5.41) is 12.2. The van der Waals surface area contributed by atoms with Crippen molar-refractivity contribution in [3.63, 3.8) is 0 Å². The Kier molecular flexibility index (Phi) is 12.0. The molecule has 0 fully saturated rings. The zero-order chi connectivity index (χ0) is 28.0. The third-order valence-corrected chi connectivity index (χ3v) is 6.18. The molecular formula is C29H32BrFN2O6. The van der Waals surface area contributed by atoms with Crippen molar-refractivity contribution in [2.75, 3.05) is 38.2 Å². The van der Waals surface area contributed by atoms with Crippen molar-refractivity contribution in [1.29, 1.82) is 0 Å². The van der Waals surface area contributed by atoms with E-state index in [1.54, 1.807) is 60.4 Å². The van der Waals surface area contributed by atoms with Crippen LogP contribution in [0.25, 0.3) is 0 Å². The number of benzene rings is 3. The number of anilines is 1. The van der Waals surface area contributed by atoms with Crippen LogP contribution in [0.3, 0.4) is 0 Å². The van der Waals surface area contributed by atoms with Gasteiger partial charge in [0.25, 0.3) is 0 Å². The molecule has 3 aromatic carbocycles. The number of aliphatic carboxylic acids is 1. The van der Waals surface area contributed by atoms with Gasteiger partial charge in [-0.3, -0.25) is 0 Å². The van der Waals surface area contributed by atoms with Gasteiger partial charge in [0.1, 0.15) is 23.9 Å². The molecule has 0 aliphatic carbocycles. The fourth-order valence-electron chi connectivity index (χ4n) is 3.66. The quantitative estimate of drug-likeness (QED) is 0.207. The fourth-order valence-corrected chi connectivity index (χ4v) is 3.92. The molecule has 2 N–H and O–H groups in total. The SMILES string of the molecule is CCOC(Cc1ccc(OCCN(CCCOc2ccc(F)cc2)C(=O)Nc2ccc(Br)cc2)cc1)C(=O)O. The predicted octanol–water partition coefficient (Wildman–Crippen LogP) is 6.00. The second kappa shape index (κ2) is 15.7. The molecule has 208 valence electrons. The lowest BCUT2D eigenvalue weighted by Crippen LogP contribution is -2.39. The van der Waals surface area contributed by atoms with Crippen LogP contribution in [0.15, 0.2) is 77.3 Å². The fraction of sp³-hybridized carbons (Fsp3) is 0.310. The standard InChI is InChI=1S/C29H32BrFN2O6/c1-2-37-27(28(34)35)20-21-4-12-25(13-5-21)39-19-17-33(29(36)32-24-10-6-22(30)7-11-24)16-3-18-38-26-14-8-23(31)9-15-26/h4-15,27H,2-3,16-20H2,1H3,(H,32,36)(H,34,35). The number of carboxylic acid groups (broad SMARTS) is 1. The number of carbonyl (C=O) groups excluding carboxylic acids is 1. The smallest absolute Gasteiger partial charge is 0.333 e. The van der Waals surface area contributed by atoms with E-state index in [0.29, 0.717) is 49.9 Å². The van der Waals surface area contributed by atoms with Gasteiger partial charge in [-0.05, 0) is 79.6 Å². The summed E-state index contributed by atoms with van der Waals surface area (Å²) < 4.78 is 30.8. The van der Waals surface area contributed by atoms with Crippen LogP contribution in [0.1, 0.15) is 18.9 Å². The Labute approximate surface area is 235 Å². The molecule has 0 radical (unpaired) electrons. The molecule has 2 amide bonds. The third-order valence-electron chi connectivity index (χ3n) is 5.66. The van der Waals surface area contributed by atoms with Crippen LogP contribution in [-0.2, 0) is 16.0 Å². The molecule has 0 bridgehead atoms. The summed E-state index contributed by atoms with van der Waals surface area (Å²) in [5.41, 5.74) is 1.49. The Bertz CT molecular complexity index is 1180. The molecule has 0 aliphatic heterocycles. The molecule has 39 heavy (non-hydrogen) atoms. The minimum absolute atomic E-state index is 0.253. The third kappa shape index (κ3) is 10.6. The Morgan fingerprint density at radius 3 is 2.15 bits per heavy atom. The first kappa shape index (κ1) is 29.9. The van der Waals surface area contributed by atoms with Crippen molar-refractivity contribution in [3.05, 3.63) is 88.6 Å². The molecule has 0 saturated heterocycles. The molecule has 1 unspecified atom stereocenters. The van der Waals surface area contributed by atoms with Crippen molar-refractivity contribution in [1.82, 2.24) is 4.90 Å². The largest absolute Gasteiger partial charge is 0.494 e. The summed E-state index contributed by atoms with van der Waals surface area (Å²) in [6.45, 7) is 3.43. The molecule has 3 rings (SSSR count). The highest BCUT2D eigenvalue weighted by atomic mass is 79.9. The predicted molar refractivity (Wildman–Crippen MR) is 150 cm³/mol. The van der Waals surface area contributed by atoms with Gasteiger partial charge in [-0.25, -0.2) is 14.0 Å². The van der Waals surface area contributed by atoms with E-state index in [1.165, 1.54) is 12.1 Å². The number of amides is 2. The van der Waals surface area contributed by atoms with Crippen molar-refractivity contribution in [2.24, 2.45) is 0 Å². The lowest BCUT2D eigenvalue weighted by Gasteiger charge is -2.23. The second-order valence-electron chi connectivity index (χ2n) is 8.56. The van der Waals surface area contributed by atoms with Gasteiger partial charge in [-0.15, -0.1) is 0 Å². The Hall–Kier alpha value is -3.63. The molecule has 0 saturated carbocycles. The number of halogens is 2. The van der Waals surface area contributed by atoms with Crippen molar-refractivity contribution < 1.29 is 33.3 Å². The first-order chi connectivity index (χ1) is 18.8. The van der Waals surface area contributed by atoms with Gasteiger partial charge in [-0.1, -0.05) is 28.1 Å². The number of nitrogens with zero attached hydrogens (tertiary/aromatic N) is 1. The average molecular weight is 603 g/mol. The molecule has 8 nitrogen and oxygen atoms in total. The maximum absolute atomic E-state index is 13.1. The summed E-state index contributed by atoms with van der Waals surface area (Å²) in [6.07, 6.45) is -0.0793. The van der Waals surface area contributed by atoms with Crippen LogP contribution in [0, 0.1) is 5.82 Å². The molecule has 10 heteroatoms. The van der Waals surface area contributed by atoms with Gasteiger partial charge >= 0.3 is 12.0 Å². The monoisotopic (exact) mass is 602 g/mol. The molecule has 3 aromatic rings. The van der Waals surface area contributed by atoms with Crippen molar-refractivity contribution in [3.8, 4) is 11.5 Å². The van der Waals surface area contributed by atoms with Crippen LogP contribution < -0.4 is 14.8 Å². The minimum atomic E-state index is -0.998. The number of hydrogen-bond acceptors (Lipinski definition) is 5. The summed E-state index contributed by atoms with van der Waals surface area (Å²) in [6, 6.07) is 19.9. The number of carbonyl (C=O) groups is 2. The Morgan fingerprint density at radius 1 is 0.923 bits per heavy atom. The van der Waals surface area contributed by atoms with Gasteiger partial charge < -0.3 is 29.5 Å². The van der Waals surface area contributed by atoms with E-state index in [0.717, 1.165) is 10.0 Å². The topological polar surface area (TPSA) is 97.3 Å². The number of nitrogens with one attached hydrogen (secondary N) is 1. The number of ether oxygens (including phenoxy) is 3. The summed E-state index contributed by atoms with van der Waals surface area (Å²) >= 11 is 3.38.